The number of aromatic nitrogens is 2. The van der Waals surface area contributed by atoms with Crippen LogP contribution in [0.3, 0.4) is 0 Å². The molecule has 3 aromatic rings. The summed E-state index contributed by atoms with van der Waals surface area (Å²) in [7, 11) is -3.95. The molecule has 1 heterocycles. The fourth-order valence-electron chi connectivity index (χ4n) is 5.63. The Hall–Kier alpha value is -3.31. The van der Waals surface area contributed by atoms with Crippen molar-refractivity contribution in [3.8, 4) is 0 Å². The number of nitrogens with zero attached hydrogens (tertiary/aromatic N) is 1. The Kier molecular flexibility index (Phi) is 6.53. The molecule has 2 aromatic carbocycles. The minimum Gasteiger partial charge on any atom is -0.322 e. The van der Waals surface area contributed by atoms with Crippen LogP contribution in [0.2, 0.25) is 5.02 Å². The van der Waals surface area contributed by atoms with Gasteiger partial charge in [0, 0.05) is 35.6 Å². The number of halogens is 3. The average molecular weight is 550 g/mol. The van der Waals surface area contributed by atoms with Gasteiger partial charge < -0.3 is 5.32 Å². The van der Waals surface area contributed by atoms with E-state index in [9.17, 15) is 31.6 Å². The molecule has 37 heavy (non-hydrogen) atoms. The van der Waals surface area contributed by atoms with Gasteiger partial charge in [0.15, 0.2) is 21.5 Å². The maximum atomic E-state index is 13.7. The highest BCUT2D eigenvalue weighted by molar-refractivity contribution is 7.92. The van der Waals surface area contributed by atoms with Crippen LogP contribution in [0, 0.1) is 23.5 Å². The second-order valence-corrected chi connectivity index (χ2v) is 12.1. The van der Waals surface area contributed by atoms with Crippen LogP contribution in [0.1, 0.15) is 42.1 Å². The van der Waals surface area contributed by atoms with Crippen LogP contribution in [-0.4, -0.2) is 29.1 Å². The number of rotatable bonds is 5. The third-order valence-electron chi connectivity index (χ3n) is 7.29. The van der Waals surface area contributed by atoms with Gasteiger partial charge in [-0.05, 0) is 67.9 Å². The minimum atomic E-state index is -3.95. The molecular weight excluding hydrogens is 528 g/mol. The lowest BCUT2D eigenvalue weighted by atomic mass is 9.83. The van der Waals surface area contributed by atoms with Crippen LogP contribution in [0.25, 0.3) is 0 Å². The van der Waals surface area contributed by atoms with Crippen molar-refractivity contribution < 1.29 is 22.0 Å². The Bertz CT molecular complexity index is 1610. The van der Waals surface area contributed by atoms with E-state index in [0.29, 0.717) is 12.8 Å². The number of hydrogen-bond acceptors (Lipinski definition) is 5. The molecule has 194 valence electrons. The Morgan fingerprint density at radius 1 is 1.00 bits per heavy atom. The molecular formula is C25H22ClF2N3O5S. The molecule has 1 amide bonds. The number of amides is 1. The molecule has 0 saturated heterocycles. The number of anilines is 1. The number of benzene rings is 2. The first-order valence-corrected chi connectivity index (χ1v) is 13.6. The van der Waals surface area contributed by atoms with E-state index in [1.54, 1.807) is 0 Å². The summed E-state index contributed by atoms with van der Waals surface area (Å²) in [6.45, 7) is 0. The zero-order valence-electron chi connectivity index (χ0n) is 19.3. The maximum absolute atomic E-state index is 13.7. The summed E-state index contributed by atoms with van der Waals surface area (Å²) < 4.78 is 55.5. The van der Waals surface area contributed by atoms with E-state index in [1.807, 2.05) is 0 Å². The first-order chi connectivity index (χ1) is 17.5. The Labute approximate surface area is 215 Å². The average Bonchev–Trinajstić information content (AvgIpc) is 3.09. The molecule has 5 rings (SSSR count). The van der Waals surface area contributed by atoms with Crippen molar-refractivity contribution in [1.82, 2.24) is 9.55 Å². The van der Waals surface area contributed by atoms with E-state index < -0.39 is 43.9 Å². The molecule has 1 aromatic heterocycles. The molecule has 8 nitrogen and oxygen atoms in total. The molecule has 2 aliphatic rings. The van der Waals surface area contributed by atoms with Crippen molar-refractivity contribution in [1.29, 1.82) is 0 Å². The molecule has 12 heteroatoms. The Morgan fingerprint density at radius 2 is 1.70 bits per heavy atom. The third-order valence-corrected chi connectivity index (χ3v) is 9.95. The molecule has 0 radical (unpaired) electrons. The summed E-state index contributed by atoms with van der Waals surface area (Å²) in [4.78, 5) is 38.6. The Balaban J connectivity index is 1.39. The van der Waals surface area contributed by atoms with Gasteiger partial charge in [-0.25, -0.2) is 22.0 Å². The second kappa shape index (κ2) is 9.53. The standard InChI is InChI=1S/C25H22ClF2N3O5S/c26-18-5-3-15(24(33)29-16-4-6-19(27)20(28)12-16)11-21(18)37(35,36)17-9-13-1-2-14(10-17)23(13)31-8-7-22(32)30-25(31)34/h3-8,11-14,17,23H,1-2,9-10H2,(H,29,33)(H,30,32,34)/t13-,14?,17?,23?/m0/s1. The van der Waals surface area contributed by atoms with E-state index >= 15 is 0 Å². The van der Waals surface area contributed by atoms with Gasteiger partial charge in [0.1, 0.15) is 0 Å². The van der Waals surface area contributed by atoms with Crippen LogP contribution in [0.5, 0.6) is 0 Å². The quantitative estimate of drug-likeness (QED) is 0.500. The van der Waals surface area contributed by atoms with Crippen LogP contribution >= 0.6 is 11.6 Å². The molecule has 3 unspecified atom stereocenters. The molecule has 2 fully saturated rings. The number of fused-ring (bicyclic) bond motifs is 2. The largest absolute Gasteiger partial charge is 0.328 e. The van der Waals surface area contributed by atoms with Crippen molar-refractivity contribution in [2.45, 2.75) is 41.9 Å². The lowest BCUT2D eigenvalue weighted by molar-refractivity contribution is 0.102. The zero-order chi connectivity index (χ0) is 26.5. The van der Waals surface area contributed by atoms with Gasteiger partial charge in [-0.3, -0.25) is 19.1 Å². The lowest BCUT2D eigenvalue weighted by Crippen LogP contribution is -2.41. The third kappa shape index (κ3) is 4.73. The zero-order valence-corrected chi connectivity index (χ0v) is 20.9. The molecule has 4 atom stereocenters. The van der Waals surface area contributed by atoms with Gasteiger partial charge in [-0.2, -0.15) is 0 Å². The number of aromatic amines is 1. The van der Waals surface area contributed by atoms with Crippen molar-refractivity contribution >= 4 is 33.0 Å². The molecule has 2 aliphatic carbocycles. The topological polar surface area (TPSA) is 118 Å². The maximum Gasteiger partial charge on any atom is 0.328 e. The highest BCUT2D eigenvalue weighted by Gasteiger charge is 2.48. The molecule has 0 spiro atoms. The number of carbonyl (C=O) groups excluding carboxylic acids is 1. The van der Waals surface area contributed by atoms with E-state index in [1.165, 1.54) is 41.1 Å². The van der Waals surface area contributed by atoms with Crippen LogP contribution < -0.4 is 16.6 Å². The van der Waals surface area contributed by atoms with Gasteiger partial charge in [0.05, 0.1) is 15.2 Å². The molecule has 2 N–H and O–H groups in total. The van der Waals surface area contributed by atoms with E-state index in [0.717, 1.165) is 25.0 Å². The van der Waals surface area contributed by atoms with Crippen LogP contribution in [0.15, 0.2) is 63.1 Å². The SMILES string of the molecule is O=C(Nc1ccc(F)c(F)c1)c1ccc(Cl)c(S(=O)(=O)C2CC3CC[C@@H](C2)C3n2ccc(=O)[nH]c2=O)c1. The van der Waals surface area contributed by atoms with Gasteiger partial charge in [0.25, 0.3) is 11.5 Å². The smallest absolute Gasteiger partial charge is 0.322 e. The highest BCUT2D eigenvalue weighted by atomic mass is 35.5. The fourth-order valence-corrected chi connectivity index (χ4v) is 8.06. The minimum absolute atomic E-state index is 0.00986. The van der Waals surface area contributed by atoms with Crippen molar-refractivity contribution in [2.75, 3.05) is 5.32 Å². The monoisotopic (exact) mass is 549 g/mol. The number of sulfone groups is 1. The van der Waals surface area contributed by atoms with E-state index in [2.05, 4.69) is 10.3 Å². The van der Waals surface area contributed by atoms with E-state index in [4.69, 9.17) is 11.6 Å². The number of H-pyrrole nitrogens is 1. The molecule has 2 bridgehead atoms. The first kappa shape index (κ1) is 25.3. The summed E-state index contributed by atoms with van der Waals surface area (Å²) in [6, 6.07) is 7.80. The van der Waals surface area contributed by atoms with Crippen molar-refractivity contribution in [2.24, 2.45) is 11.8 Å². The van der Waals surface area contributed by atoms with Gasteiger partial charge in [0.2, 0.25) is 0 Å². The van der Waals surface area contributed by atoms with Crippen LogP contribution in [0.4, 0.5) is 14.5 Å². The van der Waals surface area contributed by atoms with Crippen molar-refractivity contribution in [3.63, 3.8) is 0 Å². The predicted molar refractivity (Wildman–Crippen MR) is 133 cm³/mol. The van der Waals surface area contributed by atoms with Gasteiger partial charge in [-0.15, -0.1) is 0 Å². The molecule has 0 aliphatic heterocycles. The Morgan fingerprint density at radius 3 is 2.35 bits per heavy atom. The fraction of sp³-hybridized carbons (Fsp3) is 0.320. The van der Waals surface area contributed by atoms with Crippen molar-refractivity contribution in [3.05, 3.63) is 91.7 Å². The second-order valence-electron chi connectivity index (χ2n) is 9.47. The van der Waals surface area contributed by atoms with Gasteiger partial charge in [-0.1, -0.05) is 11.6 Å². The normalized spacial score (nSPS) is 23.1. The van der Waals surface area contributed by atoms with Gasteiger partial charge >= 0.3 is 5.69 Å². The summed E-state index contributed by atoms with van der Waals surface area (Å²) >= 11 is 6.27. The lowest BCUT2D eigenvalue weighted by Gasteiger charge is -2.36. The highest BCUT2D eigenvalue weighted by Crippen LogP contribution is 2.51. The van der Waals surface area contributed by atoms with E-state index in [-0.39, 0.29) is 39.0 Å². The number of carbonyl (C=O) groups is 1. The predicted octanol–water partition coefficient (Wildman–Crippen LogP) is 3.92. The summed E-state index contributed by atoms with van der Waals surface area (Å²) in [5.41, 5.74) is -1.01. The number of nitrogens with one attached hydrogen (secondary N) is 2. The summed E-state index contributed by atoms with van der Waals surface area (Å²) in [5.74, 6) is -3.07. The van der Waals surface area contributed by atoms with Crippen LogP contribution in [-0.2, 0) is 9.84 Å². The first-order valence-electron chi connectivity index (χ1n) is 11.7. The number of hydrogen-bond donors (Lipinski definition) is 2. The molecule has 2 saturated carbocycles. The summed E-state index contributed by atoms with van der Waals surface area (Å²) in [5, 5.41) is 1.63. The summed E-state index contributed by atoms with van der Waals surface area (Å²) in [6.07, 6.45) is 3.56.